The lowest BCUT2D eigenvalue weighted by molar-refractivity contribution is -0.149. The van der Waals surface area contributed by atoms with E-state index in [4.69, 9.17) is 0 Å². The molecule has 0 spiro atoms. The van der Waals surface area contributed by atoms with Gasteiger partial charge in [-0.15, -0.1) is 0 Å². The minimum Gasteiger partial charge on any atom is -0.508 e. The number of amides is 1. The number of carbonyl (C=O) groups is 2. The van der Waals surface area contributed by atoms with Gasteiger partial charge in [0.25, 0.3) is 0 Å². The maximum atomic E-state index is 12.4. The first-order chi connectivity index (χ1) is 10.1. The largest absolute Gasteiger partial charge is 0.508 e. The van der Waals surface area contributed by atoms with Crippen molar-refractivity contribution in [3.63, 3.8) is 0 Å². The highest BCUT2D eigenvalue weighted by Crippen LogP contribution is 2.42. The van der Waals surface area contributed by atoms with Crippen molar-refractivity contribution in [2.75, 3.05) is 6.54 Å². The highest BCUT2D eigenvalue weighted by Gasteiger charge is 2.49. The van der Waals surface area contributed by atoms with Crippen molar-refractivity contribution in [2.45, 2.75) is 31.7 Å². The van der Waals surface area contributed by atoms with Crippen molar-refractivity contribution in [1.82, 2.24) is 4.90 Å². The van der Waals surface area contributed by atoms with Crippen LogP contribution in [0.1, 0.15) is 24.8 Å². The quantitative estimate of drug-likeness (QED) is 0.887. The molecule has 3 unspecified atom stereocenters. The second kappa shape index (κ2) is 5.39. The fraction of sp³-hybridized carbons (Fsp3) is 0.500. The van der Waals surface area contributed by atoms with Crippen LogP contribution in [0, 0.1) is 11.8 Å². The number of nitrogens with zero attached hydrogens (tertiary/aromatic N) is 1. The van der Waals surface area contributed by atoms with Crippen molar-refractivity contribution < 1.29 is 19.8 Å². The van der Waals surface area contributed by atoms with Crippen molar-refractivity contribution >= 4 is 11.9 Å². The van der Waals surface area contributed by atoms with Crippen LogP contribution < -0.4 is 0 Å². The summed E-state index contributed by atoms with van der Waals surface area (Å²) in [4.78, 5) is 25.5. The fourth-order valence-corrected chi connectivity index (χ4v) is 3.77. The molecule has 1 heterocycles. The summed E-state index contributed by atoms with van der Waals surface area (Å²) in [6.07, 6.45) is 3.19. The van der Waals surface area contributed by atoms with Crippen LogP contribution in [0.2, 0.25) is 0 Å². The number of rotatable bonds is 3. The minimum absolute atomic E-state index is 0.117. The zero-order chi connectivity index (χ0) is 15.0. The van der Waals surface area contributed by atoms with Gasteiger partial charge < -0.3 is 15.1 Å². The number of likely N-dealkylation sites (tertiary alicyclic amines) is 1. The standard InChI is InChI=1S/C16H19NO4/c18-12-6-4-10(5-7-12)8-14(19)17-9-11-2-1-3-13(11)15(17)16(20)21/h4-7,11,13,15,18H,1-3,8-9H2,(H,20,21). The molecule has 1 saturated heterocycles. The van der Waals surface area contributed by atoms with E-state index in [1.807, 2.05) is 0 Å². The topological polar surface area (TPSA) is 77.8 Å². The van der Waals surface area contributed by atoms with Crippen LogP contribution in [-0.2, 0) is 16.0 Å². The van der Waals surface area contributed by atoms with Crippen LogP contribution in [0.4, 0.5) is 0 Å². The maximum Gasteiger partial charge on any atom is 0.326 e. The smallest absolute Gasteiger partial charge is 0.326 e. The summed E-state index contributed by atoms with van der Waals surface area (Å²) in [5.74, 6) is -0.405. The number of benzene rings is 1. The third kappa shape index (κ3) is 2.60. The lowest BCUT2D eigenvalue weighted by Crippen LogP contribution is -2.43. The van der Waals surface area contributed by atoms with Crippen molar-refractivity contribution in [3.8, 4) is 5.75 Å². The Labute approximate surface area is 123 Å². The van der Waals surface area contributed by atoms with Crippen LogP contribution >= 0.6 is 0 Å². The van der Waals surface area contributed by atoms with E-state index >= 15 is 0 Å². The number of fused-ring (bicyclic) bond motifs is 1. The zero-order valence-corrected chi connectivity index (χ0v) is 11.7. The normalized spacial score (nSPS) is 27.6. The van der Waals surface area contributed by atoms with Gasteiger partial charge in [0.2, 0.25) is 5.91 Å². The van der Waals surface area contributed by atoms with Crippen LogP contribution in [0.25, 0.3) is 0 Å². The monoisotopic (exact) mass is 289 g/mol. The summed E-state index contributed by atoms with van der Waals surface area (Å²) in [5, 5.41) is 18.7. The Kier molecular flexibility index (Phi) is 3.57. The molecule has 2 fully saturated rings. The summed E-state index contributed by atoms with van der Waals surface area (Å²) in [6, 6.07) is 5.80. The van der Waals surface area contributed by atoms with Gasteiger partial charge in [0.15, 0.2) is 0 Å². The van der Waals surface area contributed by atoms with Gasteiger partial charge in [0, 0.05) is 6.54 Å². The Morgan fingerprint density at radius 2 is 1.90 bits per heavy atom. The molecule has 3 atom stereocenters. The predicted octanol–water partition coefficient (Wildman–Crippen LogP) is 1.65. The molecule has 1 aliphatic heterocycles. The molecule has 21 heavy (non-hydrogen) atoms. The van der Waals surface area contributed by atoms with Crippen LogP contribution in [0.15, 0.2) is 24.3 Å². The maximum absolute atomic E-state index is 12.4. The molecule has 0 radical (unpaired) electrons. The van der Waals surface area contributed by atoms with Crippen LogP contribution in [0.5, 0.6) is 5.75 Å². The van der Waals surface area contributed by atoms with Gasteiger partial charge in [-0.25, -0.2) is 4.79 Å². The average Bonchev–Trinajstić information content (AvgIpc) is 3.00. The summed E-state index contributed by atoms with van der Waals surface area (Å²) in [6.45, 7) is 0.568. The molecule has 2 aliphatic rings. The Hall–Kier alpha value is -2.04. The van der Waals surface area contributed by atoms with E-state index < -0.39 is 12.0 Å². The number of hydrogen-bond acceptors (Lipinski definition) is 3. The fourth-order valence-electron chi connectivity index (χ4n) is 3.77. The number of phenolic OH excluding ortho intramolecular Hbond substituents is 1. The summed E-state index contributed by atoms with van der Waals surface area (Å²) in [5.41, 5.74) is 0.791. The third-order valence-corrected chi connectivity index (χ3v) is 4.76. The Bertz CT molecular complexity index is 554. The Balaban J connectivity index is 1.74. The average molecular weight is 289 g/mol. The third-order valence-electron chi connectivity index (χ3n) is 4.76. The van der Waals surface area contributed by atoms with E-state index in [0.29, 0.717) is 12.5 Å². The van der Waals surface area contributed by atoms with E-state index in [1.54, 1.807) is 17.0 Å². The molecule has 1 aliphatic carbocycles. The molecule has 0 aromatic heterocycles. The minimum atomic E-state index is -0.886. The van der Waals surface area contributed by atoms with Gasteiger partial charge in [-0.2, -0.15) is 0 Å². The van der Waals surface area contributed by atoms with Gasteiger partial charge in [-0.05, 0) is 42.4 Å². The molecule has 0 bridgehead atoms. The number of aromatic hydroxyl groups is 1. The Morgan fingerprint density at radius 1 is 1.19 bits per heavy atom. The molecule has 1 saturated carbocycles. The summed E-state index contributed by atoms with van der Waals surface area (Å²) < 4.78 is 0. The molecule has 5 nitrogen and oxygen atoms in total. The van der Waals surface area contributed by atoms with E-state index in [1.165, 1.54) is 12.1 Å². The lowest BCUT2D eigenvalue weighted by atomic mass is 9.94. The molecule has 1 amide bonds. The molecule has 1 aromatic rings. The highest BCUT2D eigenvalue weighted by atomic mass is 16.4. The number of phenols is 1. The van der Waals surface area contributed by atoms with Gasteiger partial charge in [-0.3, -0.25) is 4.79 Å². The number of aliphatic carboxylic acids is 1. The van der Waals surface area contributed by atoms with Gasteiger partial charge in [0.05, 0.1) is 6.42 Å². The number of carbonyl (C=O) groups excluding carboxylic acids is 1. The number of carboxylic acids is 1. The first-order valence-corrected chi connectivity index (χ1v) is 7.36. The summed E-state index contributed by atoms with van der Waals surface area (Å²) in [7, 11) is 0. The second-order valence-corrected chi connectivity index (χ2v) is 6.03. The van der Waals surface area contributed by atoms with E-state index in [-0.39, 0.29) is 24.0 Å². The number of carboxylic acid groups (broad SMARTS) is 1. The van der Waals surface area contributed by atoms with Gasteiger partial charge in [-0.1, -0.05) is 18.6 Å². The van der Waals surface area contributed by atoms with Crippen LogP contribution in [0.3, 0.4) is 0 Å². The molecular formula is C16H19NO4. The molecule has 112 valence electrons. The van der Waals surface area contributed by atoms with Gasteiger partial charge >= 0.3 is 5.97 Å². The first-order valence-electron chi connectivity index (χ1n) is 7.36. The van der Waals surface area contributed by atoms with Crippen molar-refractivity contribution in [3.05, 3.63) is 29.8 Å². The SMILES string of the molecule is O=C(O)C1C2CCCC2CN1C(=O)Cc1ccc(O)cc1. The molecular weight excluding hydrogens is 270 g/mol. The predicted molar refractivity (Wildman–Crippen MR) is 75.8 cm³/mol. The molecule has 2 N–H and O–H groups in total. The highest BCUT2D eigenvalue weighted by molar-refractivity contribution is 5.86. The first kappa shape index (κ1) is 13.9. The second-order valence-electron chi connectivity index (χ2n) is 6.03. The number of hydrogen-bond donors (Lipinski definition) is 2. The summed E-state index contributed by atoms with van der Waals surface area (Å²) >= 11 is 0. The molecule has 3 rings (SSSR count). The van der Waals surface area contributed by atoms with E-state index in [2.05, 4.69) is 0 Å². The van der Waals surface area contributed by atoms with E-state index in [9.17, 15) is 19.8 Å². The zero-order valence-electron chi connectivity index (χ0n) is 11.7. The van der Waals surface area contributed by atoms with E-state index in [0.717, 1.165) is 24.8 Å². The molecule has 5 heteroatoms. The van der Waals surface area contributed by atoms with Crippen molar-refractivity contribution in [2.24, 2.45) is 11.8 Å². The molecule has 1 aromatic carbocycles. The lowest BCUT2D eigenvalue weighted by Gasteiger charge is -2.24. The van der Waals surface area contributed by atoms with Gasteiger partial charge in [0.1, 0.15) is 11.8 Å². The Morgan fingerprint density at radius 3 is 2.57 bits per heavy atom. The van der Waals surface area contributed by atoms with Crippen LogP contribution in [-0.4, -0.2) is 39.6 Å². The van der Waals surface area contributed by atoms with Crippen molar-refractivity contribution in [1.29, 1.82) is 0 Å².